The molecule has 2 aromatic heterocycles. The van der Waals surface area contributed by atoms with E-state index in [2.05, 4.69) is 30.2 Å². The van der Waals surface area contributed by atoms with Crippen molar-refractivity contribution in [3.05, 3.63) is 64.6 Å². The van der Waals surface area contributed by atoms with Crippen molar-refractivity contribution in [2.45, 2.75) is 19.0 Å². The lowest BCUT2D eigenvalue weighted by molar-refractivity contribution is 0.0995. The number of carbonyl (C=O) groups excluding carboxylic acids is 1. The van der Waals surface area contributed by atoms with Gasteiger partial charge >= 0.3 is 5.69 Å². The van der Waals surface area contributed by atoms with Gasteiger partial charge in [0.1, 0.15) is 11.9 Å². The Bertz CT molecular complexity index is 1150. The van der Waals surface area contributed by atoms with Crippen LogP contribution in [0.3, 0.4) is 0 Å². The zero-order valence-electron chi connectivity index (χ0n) is 16.1. The van der Waals surface area contributed by atoms with Gasteiger partial charge in [-0.1, -0.05) is 12.1 Å². The van der Waals surface area contributed by atoms with Crippen molar-refractivity contribution in [1.29, 1.82) is 0 Å². The number of fused-ring (bicyclic) bond motifs is 1. The maximum atomic E-state index is 12.0. The molecule has 5 rings (SSSR count). The molecule has 1 aromatic carbocycles. The first-order valence-corrected chi connectivity index (χ1v) is 9.72. The number of nitrogens with two attached hydrogens (primary N) is 1. The van der Waals surface area contributed by atoms with Gasteiger partial charge in [-0.2, -0.15) is 4.98 Å². The number of nitrogens with one attached hydrogen (secondary N) is 2. The number of anilines is 4. The second-order valence-corrected chi connectivity index (χ2v) is 7.26. The van der Waals surface area contributed by atoms with Gasteiger partial charge in [-0.25, -0.2) is 14.8 Å². The number of hydrogen-bond donors (Lipinski definition) is 3. The average molecular weight is 404 g/mol. The largest absolute Gasteiger partial charge is 0.364 e. The van der Waals surface area contributed by atoms with Crippen LogP contribution in [-0.4, -0.2) is 38.9 Å². The smallest absolute Gasteiger partial charge is 0.345 e. The molecule has 0 radical (unpaired) electrons. The molecule has 1 unspecified atom stereocenters. The fourth-order valence-electron chi connectivity index (χ4n) is 3.97. The van der Waals surface area contributed by atoms with Crippen LogP contribution in [0.25, 0.3) is 0 Å². The summed E-state index contributed by atoms with van der Waals surface area (Å²) in [4.78, 5) is 43.1. The van der Waals surface area contributed by atoms with Gasteiger partial charge in [-0.05, 0) is 25.0 Å². The van der Waals surface area contributed by atoms with Crippen LogP contribution >= 0.6 is 0 Å². The lowest BCUT2D eigenvalue weighted by Crippen LogP contribution is -2.30. The molecule has 1 fully saturated rings. The van der Waals surface area contributed by atoms with Gasteiger partial charge in [-0.15, -0.1) is 0 Å². The number of H-pyrrole nitrogens is 1. The zero-order valence-corrected chi connectivity index (χ0v) is 16.1. The summed E-state index contributed by atoms with van der Waals surface area (Å²) in [6.45, 7) is 1.92. The molecular weight excluding hydrogens is 384 g/mol. The van der Waals surface area contributed by atoms with Crippen molar-refractivity contribution in [3.8, 4) is 0 Å². The van der Waals surface area contributed by atoms with E-state index >= 15 is 0 Å². The number of benzene rings is 1. The number of primary amides is 1. The second-order valence-electron chi connectivity index (χ2n) is 7.26. The molecule has 10 heteroatoms. The Morgan fingerprint density at radius 2 is 1.77 bits per heavy atom. The van der Waals surface area contributed by atoms with Crippen LogP contribution in [0.4, 0.5) is 23.0 Å². The average Bonchev–Trinajstić information content (AvgIpc) is 3.42. The van der Waals surface area contributed by atoms with E-state index in [1.165, 1.54) is 6.20 Å². The number of aromatic nitrogens is 4. The number of aromatic amines is 1. The molecular formula is C20H20N8O2. The zero-order chi connectivity index (χ0) is 20.7. The van der Waals surface area contributed by atoms with Crippen LogP contribution in [0, 0.1) is 0 Å². The van der Waals surface area contributed by atoms with Gasteiger partial charge in [0.05, 0.1) is 23.3 Å². The molecule has 1 amide bonds. The standard InChI is InChI=1S/C20H20N8O2/c21-17(29)16-15(11-24-20(30)26-16)28-14-6-2-1-5-13(14)25-18(28)12-9-22-19(23-10-12)27-7-3-4-8-27/h1-2,5-6,9-11,18,25H,3-4,7-8H2,(H2,21,29)(H,24,26,30). The minimum Gasteiger partial charge on any atom is -0.364 e. The molecule has 10 nitrogen and oxygen atoms in total. The van der Waals surface area contributed by atoms with E-state index in [1.54, 1.807) is 12.4 Å². The summed E-state index contributed by atoms with van der Waals surface area (Å²) < 4.78 is 0. The monoisotopic (exact) mass is 404 g/mol. The lowest BCUT2D eigenvalue weighted by atomic mass is 10.2. The summed E-state index contributed by atoms with van der Waals surface area (Å²) in [5, 5.41) is 3.43. The molecule has 30 heavy (non-hydrogen) atoms. The Morgan fingerprint density at radius 3 is 2.50 bits per heavy atom. The van der Waals surface area contributed by atoms with Gasteiger partial charge in [-0.3, -0.25) is 9.78 Å². The fourth-order valence-corrected chi connectivity index (χ4v) is 3.97. The van der Waals surface area contributed by atoms with E-state index in [4.69, 9.17) is 5.73 Å². The SMILES string of the molecule is NC(=O)c1[nH]c(=O)ncc1N1c2ccccc2NC1c1cnc(N2CCCC2)nc1. The molecule has 1 atom stereocenters. The van der Waals surface area contributed by atoms with Gasteiger partial charge in [0.15, 0.2) is 0 Å². The highest BCUT2D eigenvalue weighted by Crippen LogP contribution is 2.46. The Labute approximate surface area is 171 Å². The van der Waals surface area contributed by atoms with E-state index in [0.717, 1.165) is 42.9 Å². The molecule has 152 valence electrons. The predicted molar refractivity (Wildman–Crippen MR) is 112 cm³/mol. The van der Waals surface area contributed by atoms with Crippen LogP contribution in [0.15, 0.2) is 47.7 Å². The first kappa shape index (κ1) is 18.1. The number of hydrogen-bond acceptors (Lipinski definition) is 8. The number of para-hydroxylation sites is 2. The van der Waals surface area contributed by atoms with E-state index in [-0.39, 0.29) is 5.69 Å². The topological polar surface area (TPSA) is 133 Å². The van der Waals surface area contributed by atoms with Crippen LogP contribution in [0.1, 0.15) is 35.1 Å². The van der Waals surface area contributed by atoms with Gasteiger partial charge < -0.3 is 20.9 Å². The van der Waals surface area contributed by atoms with E-state index < -0.39 is 17.8 Å². The van der Waals surface area contributed by atoms with Crippen LogP contribution in [0.2, 0.25) is 0 Å². The summed E-state index contributed by atoms with van der Waals surface area (Å²) in [6, 6.07) is 7.66. The van der Waals surface area contributed by atoms with E-state index in [0.29, 0.717) is 11.6 Å². The normalized spacial score (nSPS) is 17.7. The third kappa shape index (κ3) is 3.02. The van der Waals surface area contributed by atoms with Crippen molar-refractivity contribution >= 4 is 28.9 Å². The Balaban J connectivity index is 1.58. The first-order chi connectivity index (χ1) is 14.6. The number of rotatable bonds is 4. The summed E-state index contributed by atoms with van der Waals surface area (Å²) in [6.07, 6.45) is 6.80. The van der Waals surface area contributed by atoms with Gasteiger partial charge in [0.2, 0.25) is 5.95 Å². The highest BCUT2D eigenvalue weighted by atomic mass is 16.2. The van der Waals surface area contributed by atoms with Crippen molar-refractivity contribution in [2.75, 3.05) is 28.2 Å². The number of carbonyl (C=O) groups is 1. The number of nitrogens with zero attached hydrogens (tertiary/aromatic N) is 5. The quantitative estimate of drug-likeness (QED) is 0.596. The minimum atomic E-state index is -0.742. The maximum absolute atomic E-state index is 12.0. The molecule has 4 heterocycles. The number of amides is 1. The molecule has 0 saturated carbocycles. The molecule has 1 saturated heterocycles. The summed E-state index contributed by atoms with van der Waals surface area (Å²) >= 11 is 0. The van der Waals surface area contributed by atoms with Crippen molar-refractivity contribution in [3.63, 3.8) is 0 Å². The second kappa shape index (κ2) is 7.14. The lowest BCUT2D eigenvalue weighted by Gasteiger charge is -2.27. The molecule has 2 aliphatic rings. The van der Waals surface area contributed by atoms with Crippen LogP contribution in [0.5, 0.6) is 0 Å². The summed E-state index contributed by atoms with van der Waals surface area (Å²) in [7, 11) is 0. The summed E-state index contributed by atoms with van der Waals surface area (Å²) in [5.74, 6) is -0.0323. The maximum Gasteiger partial charge on any atom is 0.345 e. The third-order valence-electron chi connectivity index (χ3n) is 5.37. The predicted octanol–water partition coefficient (Wildman–Crippen LogP) is 1.52. The van der Waals surface area contributed by atoms with Gasteiger partial charge in [0, 0.05) is 31.0 Å². The Hall–Kier alpha value is -3.95. The minimum absolute atomic E-state index is 0.00638. The fraction of sp³-hybridized carbons (Fsp3) is 0.250. The van der Waals surface area contributed by atoms with E-state index in [9.17, 15) is 9.59 Å². The molecule has 2 aliphatic heterocycles. The van der Waals surface area contributed by atoms with Gasteiger partial charge in [0.25, 0.3) is 5.91 Å². The molecule has 4 N–H and O–H groups in total. The van der Waals surface area contributed by atoms with E-state index in [1.807, 2.05) is 29.2 Å². The summed E-state index contributed by atoms with van der Waals surface area (Å²) in [5.41, 5.74) is 7.78. The third-order valence-corrected chi connectivity index (χ3v) is 5.37. The molecule has 0 bridgehead atoms. The van der Waals surface area contributed by atoms with Crippen LogP contribution in [-0.2, 0) is 0 Å². The Morgan fingerprint density at radius 1 is 1.03 bits per heavy atom. The molecule has 0 spiro atoms. The Kier molecular flexibility index (Phi) is 4.31. The highest BCUT2D eigenvalue weighted by Gasteiger charge is 2.34. The first-order valence-electron chi connectivity index (χ1n) is 9.72. The van der Waals surface area contributed by atoms with Crippen molar-refractivity contribution in [2.24, 2.45) is 5.73 Å². The van der Waals surface area contributed by atoms with Crippen molar-refractivity contribution < 1.29 is 4.79 Å². The van der Waals surface area contributed by atoms with Crippen molar-refractivity contribution in [1.82, 2.24) is 19.9 Å². The molecule has 3 aromatic rings. The highest BCUT2D eigenvalue weighted by molar-refractivity contribution is 5.99. The molecule has 0 aliphatic carbocycles. The van der Waals surface area contributed by atoms with Crippen LogP contribution < -0.4 is 26.5 Å².